The van der Waals surface area contributed by atoms with Crippen LogP contribution < -0.4 is 14.5 Å². The number of anilines is 2. The van der Waals surface area contributed by atoms with Crippen molar-refractivity contribution in [2.45, 2.75) is 0 Å². The molecule has 0 aliphatic carbocycles. The van der Waals surface area contributed by atoms with Crippen molar-refractivity contribution in [2.24, 2.45) is 7.05 Å². The molecule has 10 heteroatoms. The van der Waals surface area contributed by atoms with Gasteiger partial charge in [-0.2, -0.15) is 5.10 Å². The molecule has 5 rings (SSSR count). The van der Waals surface area contributed by atoms with Crippen LogP contribution in [0.5, 0.6) is 5.75 Å². The number of aryl methyl sites for hydroxylation is 1. The molecule has 1 amide bonds. The lowest BCUT2D eigenvalue weighted by molar-refractivity contribution is 0.0735. The first-order valence-corrected chi connectivity index (χ1v) is 12.0. The van der Waals surface area contributed by atoms with Crippen molar-refractivity contribution >= 4 is 17.5 Å². The fourth-order valence-corrected chi connectivity index (χ4v) is 4.58. The van der Waals surface area contributed by atoms with Gasteiger partial charge in [0.25, 0.3) is 5.91 Å². The summed E-state index contributed by atoms with van der Waals surface area (Å²) >= 11 is 0. The molecular weight excluding hydrogens is 444 g/mol. The van der Waals surface area contributed by atoms with E-state index in [0.717, 1.165) is 67.9 Å². The van der Waals surface area contributed by atoms with Crippen LogP contribution in [0.3, 0.4) is 0 Å². The molecule has 0 bridgehead atoms. The van der Waals surface area contributed by atoms with Gasteiger partial charge in [0, 0.05) is 65.0 Å². The number of carbonyl (C=O) groups excluding carboxylic acids is 1. The molecule has 3 aromatic rings. The molecule has 2 aromatic heterocycles. The van der Waals surface area contributed by atoms with E-state index in [-0.39, 0.29) is 5.91 Å². The third kappa shape index (κ3) is 4.93. The van der Waals surface area contributed by atoms with Crippen LogP contribution in [0.1, 0.15) is 10.5 Å². The van der Waals surface area contributed by atoms with Gasteiger partial charge in [0.2, 0.25) is 0 Å². The largest absolute Gasteiger partial charge is 0.497 e. The molecule has 2 saturated heterocycles. The predicted molar refractivity (Wildman–Crippen MR) is 135 cm³/mol. The minimum atomic E-state index is -0.00899. The number of amides is 1. The van der Waals surface area contributed by atoms with E-state index in [2.05, 4.69) is 43.1 Å². The summed E-state index contributed by atoms with van der Waals surface area (Å²) in [5.41, 5.74) is 2.25. The van der Waals surface area contributed by atoms with E-state index >= 15 is 0 Å². The summed E-state index contributed by atoms with van der Waals surface area (Å²) in [5, 5.41) is 13.5. The van der Waals surface area contributed by atoms with Gasteiger partial charge in [-0.1, -0.05) is 12.1 Å². The second kappa shape index (κ2) is 9.91. The molecule has 0 N–H and O–H groups in total. The Balaban J connectivity index is 1.20. The summed E-state index contributed by atoms with van der Waals surface area (Å²) in [6.45, 7) is 6.70. The average Bonchev–Trinajstić information content (AvgIpc) is 3.30. The highest BCUT2D eigenvalue weighted by molar-refractivity contribution is 5.94. The third-order valence-corrected chi connectivity index (χ3v) is 6.82. The summed E-state index contributed by atoms with van der Waals surface area (Å²) in [6.07, 6.45) is 0. The molecule has 10 nitrogen and oxygen atoms in total. The molecule has 2 aliphatic rings. The lowest BCUT2D eigenvalue weighted by Gasteiger charge is -2.35. The van der Waals surface area contributed by atoms with Gasteiger partial charge in [-0.05, 0) is 37.4 Å². The number of hydrogen-bond donors (Lipinski definition) is 0. The Labute approximate surface area is 205 Å². The molecule has 2 fully saturated rings. The predicted octanol–water partition coefficient (Wildman–Crippen LogP) is 1.60. The summed E-state index contributed by atoms with van der Waals surface area (Å²) in [7, 11) is 5.59. The molecule has 0 radical (unpaired) electrons. The normalized spacial score (nSPS) is 17.1. The second-order valence-corrected chi connectivity index (χ2v) is 9.09. The number of nitrogens with zero attached hydrogens (tertiary/aromatic N) is 8. The van der Waals surface area contributed by atoms with Crippen LogP contribution in [0.4, 0.5) is 11.6 Å². The minimum absolute atomic E-state index is 0.00899. The zero-order valence-electron chi connectivity index (χ0n) is 20.6. The SMILES string of the molecule is COc1cccc(-c2cc(C(=O)N3CCN(c4ccc(N5CCN(C)CC5)nn4)CC3)n(C)n2)c1. The van der Waals surface area contributed by atoms with Crippen molar-refractivity contribution in [3.63, 3.8) is 0 Å². The fourth-order valence-electron chi connectivity index (χ4n) is 4.58. The van der Waals surface area contributed by atoms with Crippen LogP contribution in [0.25, 0.3) is 11.3 Å². The van der Waals surface area contributed by atoms with Crippen LogP contribution in [0.15, 0.2) is 42.5 Å². The quantitative estimate of drug-likeness (QED) is 0.549. The maximum absolute atomic E-state index is 13.3. The van der Waals surface area contributed by atoms with E-state index in [0.29, 0.717) is 18.8 Å². The molecule has 0 unspecified atom stereocenters. The van der Waals surface area contributed by atoms with Crippen molar-refractivity contribution in [1.29, 1.82) is 0 Å². The van der Waals surface area contributed by atoms with E-state index in [1.165, 1.54) is 0 Å². The number of ether oxygens (including phenoxy) is 1. The maximum atomic E-state index is 13.3. The van der Waals surface area contributed by atoms with E-state index in [1.807, 2.05) is 48.3 Å². The fraction of sp³-hybridized carbons (Fsp3) is 0.440. The Bertz CT molecular complexity index is 1160. The van der Waals surface area contributed by atoms with Crippen molar-refractivity contribution < 1.29 is 9.53 Å². The number of benzene rings is 1. The van der Waals surface area contributed by atoms with Crippen LogP contribution in [0.2, 0.25) is 0 Å². The van der Waals surface area contributed by atoms with Gasteiger partial charge in [-0.25, -0.2) is 0 Å². The van der Waals surface area contributed by atoms with E-state index < -0.39 is 0 Å². The Morgan fingerprint density at radius 2 is 1.46 bits per heavy atom. The van der Waals surface area contributed by atoms with Gasteiger partial charge < -0.3 is 24.3 Å². The second-order valence-electron chi connectivity index (χ2n) is 9.09. The smallest absolute Gasteiger partial charge is 0.272 e. The number of rotatable bonds is 5. The first kappa shape index (κ1) is 23.1. The molecule has 0 spiro atoms. The maximum Gasteiger partial charge on any atom is 0.272 e. The van der Waals surface area contributed by atoms with Crippen molar-refractivity contribution in [3.8, 4) is 17.0 Å². The van der Waals surface area contributed by atoms with Crippen molar-refractivity contribution in [1.82, 2.24) is 29.8 Å². The highest BCUT2D eigenvalue weighted by Gasteiger charge is 2.26. The number of likely N-dealkylation sites (N-methyl/N-ethyl adjacent to an activating group) is 1. The standard InChI is InChI=1S/C25H32N8O2/c1-29-9-11-31(12-10-29)23-7-8-24(27-26-23)32-13-15-33(16-14-32)25(34)22-18-21(28-30(22)2)19-5-4-6-20(17-19)35-3/h4-8,17-18H,9-16H2,1-3H3. The topological polar surface area (TPSA) is 82.9 Å². The molecule has 4 heterocycles. The zero-order valence-corrected chi connectivity index (χ0v) is 20.6. The molecule has 1 aromatic carbocycles. The number of piperazine rings is 2. The Morgan fingerprint density at radius 1 is 0.829 bits per heavy atom. The van der Waals surface area contributed by atoms with Gasteiger partial charge in [0.15, 0.2) is 11.6 Å². The highest BCUT2D eigenvalue weighted by Crippen LogP contribution is 2.24. The Kier molecular flexibility index (Phi) is 6.54. The number of aromatic nitrogens is 4. The lowest BCUT2D eigenvalue weighted by Crippen LogP contribution is -2.49. The summed E-state index contributed by atoms with van der Waals surface area (Å²) in [4.78, 5) is 21.9. The first-order chi connectivity index (χ1) is 17.0. The third-order valence-electron chi connectivity index (χ3n) is 6.82. The van der Waals surface area contributed by atoms with E-state index in [4.69, 9.17) is 4.74 Å². The van der Waals surface area contributed by atoms with Crippen LogP contribution in [-0.2, 0) is 7.05 Å². The lowest BCUT2D eigenvalue weighted by atomic mass is 10.1. The van der Waals surface area contributed by atoms with E-state index in [9.17, 15) is 4.79 Å². The summed E-state index contributed by atoms with van der Waals surface area (Å²) in [5.74, 6) is 2.54. The summed E-state index contributed by atoms with van der Waals surface area (Å²) < 4.78 is 6.97. The van der Waals surface area contributed by atoms with Crippen molar-refractivity contribution in [2.75, 3.05) is 76.3 Å². The number of carbonyl (C=O) groups is 1. The minimum Gasteiger partial charge on any atom is -0.497 e. The zero-order chi connectivity index (χ0) is 24.4. The van der Waals surface area contributed by atoms with Crippen LogP contribution in [-0.4, -0.2) is 102 Å². The van der Waals surface area contributed by atoms with Gasteiger partial charge in [0.05, 0.1) is 12.8 Å². The number of hydrogen-bond acceptors (Lipinski definition) is 8. The molecular formula is C25H32N8O2. The monoisotopic (exact) mass is 476 g/mol. The number of methoxy groups -OCH3 is 1. The molecule has 184 valence electrons. The highest BCUT2D eigenvalue weighted by atomic mass is 16.5. The Hall–Kier alpha value is -3.66. The van der Waals surface area contributed by atoms with Crippen LogP contribution in [0, 0.1) is 0 Å². The van der Waals surface area contributed by atoms with Gasteiger partial charge in [-0.3, -0.25) is 9.48 Å². The van der Waals surface area contributed by atoms with Crippen molar-refractivity contribution in [3.05, 3.63) is 48.2 Å². The van der Waals surface area contributed by atoms with Gasteiger partial charge in [-0.15, -0.1) is 10.2 Å². The average molecular weight is 477 g/mol. The first-order valence-electron chi connectivity index (χ1n) is 12.0. The molecule has 2 aliphatic heterocycles. The molecule has 0 atom stereocenters. The Morgan fingerprint density at radius 3 is 2.06 bits per heavy atom. The molecule has 0 saturated carbocycles. The van der Waals surface area contributed by atoms with Gasteiger partial charge in [0.1, 0.15) is 11.4 Å². The van der Waals surface area contributed by atoms with Gasteiger partial charge >= 0.3 is 0 Å². The van der Waals surface area contributed by atoms with Crippen LogP contribution >= 0.6 is 0 Å². The van der Waals surface area contributed by atoms with E-state index in [1.54, 1.807) is 11.8 Å². The summed E-state index contributed by atoms with van der Waals surface area (Å²) in [6, 6.07) is 13.7. The molecule has 35 heavy (non-hydrogen) atoms.